The number of pyridine rings is 1. The fourth-order valence-electron chi connectivity index (χ4n) is 2.46. The van der Waals surface area contributed by atoms with Gasteiger partial charge in [-0.2, -0.15) is 0 Å². The van der Waals surface area contributed by atoms with E-state index in [2.05, 4.69) is 22.1 Å². The molecule has 1 aliphatic rings. The van der Waals surface area contributed by atoms with Gasteiger partial charge in [-0.3, -0.25) is 14.7 Å². The number of aliphatic carboxylic acids is 1. The molecule has 2 heterocycles. The van der Waals surface area contributed by atoms with Crippen LogP contribution in [0.1, 0.15) is 19.0 Å². The summed E-state index contributed by atoms with van der Waals surface area (Å²) in [6.45, 7) is 5.06. The molecular weight excluding hydrogens is 230 g/mol. The van der Waals surface area contributed by atoms with Gasteiger partial charge in [0, 0.05) is 25.8 Å². The number of nitrogens with zero attached hydrogens (tertiary/aromatic N) is 2. The van der Waals surface area contributed by atoms with Gasteiger partial charge in [0.15, 0.2) is 0 Å². The lowest BCUT2D eigenvalue weighted by Gasteiger charge is -2.49. The van der Waals surface area contributed by atoms with Crippen molar-refractivity contribution in [2.45, 2.75) is 25.4 Å². The third kappa shape index (κ3) is 2.68. The highest BCUT2D eigenvalue weighted by molar-refractivity contribution is 5.68. The molecule has 1 saturated heterocycles. The van der Waals surface area contributed by atoms with Crippen molar-refractivity contribution in [3.8, 4) is 0 Å². The Labute approximate surface area is 107 Å². The zero-order chi connectivity index (χ0) is 13.0. The molecule has 0 saturated carbocycles. The molecule has 1 aromatic heterocycles. The molecule has 0 aliphatic carbocycles. The molecule has 5 heteroatoms. The number of aromatic nitrogens is 1. The second-order valence-electron chi connectivity index (χ2n) is 4.73. The molecule has 2 N–H and O–H groups in total. The van der Waals surface area contributed by atoms with E-state index < -0.39 is 5.97 Å². The summed E-state index contributed by atoms with van der Waals surface area (Å²) in [6.07, 6.45) is 1.95. The van der Waals surface area contributed by atoms with Crippen LogP contribution in [0.5, 0.6) is 0 Å². The van der Waals surface area contributed by atoms with Crippen LogP contribution in [0.15, 0.2) is 24.4 Å². The maximum absolute atomic E-state index is 11.0. The van der Waals surface area contributed by atoms with Crippen LogP contribution in [0.3, 0.4) is 0 Å². The maximum Gasteiger partial charge on any atom is 0.305 e. The van der Waals surface area contributed by atoms with E-state index in [1.807, 2.05) is 18.2 Å². The molecule has 0 atom stereocenters. The molecule has 0 bridgehead atoms. The largest absolute Gasteiger partial charge is 0.481 e. The summed E-state index contributed by atoms with van der Waals surface area (Å²) in [4.78, 5) is 17.5. The van der Waals surface area contributed by atoms with Gasteiger partial charge in [0.25, 0.3) is 0 Å². The Kier molecular flexibility index (Phi) is 3.93. The van der Waals surface area contributed by atoms with Crippen LogP contribution >= 0.6 is 0 Å². The van der Waals surface area contributed by atoms with Crippen LogP contribution in [-0.2, 0) is 11.3 Å². The van der Waals surface area contributed by atoms with Crippen molar-refractivity contribution in [1.29, 1.82) is 0 Å². The van der Waals surface area contributed by atoms with Crippen molar-refractivity contribution >= 4 is 5.97 Å². The topological polar surface area (TPSA) is 65.5 Å². The minimum atomic E-state index is -0.740. The molecule has 2 rings (SSSR count). The van der Waals surface area contributed by atoms with E-state index in [1.165, 1.54) is 0 Å². The summed E-state index contributed by atoms with van der Waals surface area (Å²) in [5.41, 5.74) is 0.731. The van der Waals surface area contributed by atoms with Crippen LogP contribution in [-0.4, -0.2) is 46.1 Å². The maximum atomic E-state index is 11.0. The highest BCUT2D eigenvalue weighted by atomic mass is 16.4. The third-order valence-electron chi connectivity index (χ3n) is 3.52. The summed E-state index contributed by atoms with van der Waals surface area (Å²) < 4.78 is 0. The number of carbonyl (C=O) groups is 1. The van der Waals surface area contributed by atoms with Gasteiger partial charge in [-0.15, -0.1) is 0 Å². The van der Waals surface area contributed by atoms with E-state index in [9.17, 15) is 4.79 Å². The number of likely N-dealkylation sites (N-methyl/N-ethyl adjacent to an activating group) is 1. The van der Waals surface area contributed by atoms with Gasteiger partial charge in [0.05, 0.1) is 17.7 Å². The predicted octanol–water partition coefficient (Wildman–Crippen LogP) is 0.720. The minimum absolute atomic E-state index is 0.181. The van der Waals surface area contributed by atoms with Gasteiger partial charge < -0.3 is 10.4 Å². The first-order valence-electron chi connectivity index (χ1n) is 6.24. The zero-order valence-corrected chi connectivity index (χ0v) is 10.6. The first-order chi connectivity index (χ1) is 8.66. The predicted molar refractivity (Wildman–Crippen MR) is 68.2 cm³/mol. The van der Waals surface area contributed by atoms with Gasteiger partial charge in [-0.25, -0.2) is 0 Å². The fraction of sp³-hybridized carbons (Fsp3) is 0.538. The van der Waals surface area contributed by atoms with Gasteiger partial charge in [0.1, 0.15) is 0 Å². The summed E-state index contributed by atoms with van der Waals surface area (Å²) in [5.74, 6) is -0.740. The molecule has 0 unspecified atom stereocenters. The van der Waals surface area contributed by atoms with Crippen molar-refractivity contribution in [1.82, 2.24) is 15.2 Å². The Morgan fingerprint density at radius 2 is 2.33 bits per heavy atom. The highest BCUT2D eigenvalue weighted by Gasteiger charge is 2.43. The normalized spacial score (nSPS) is 17.4. The lowest BCUT2D eigenvalue weighted by atomic mass is 9.86. The van der Waals surface area contributed by atoms with Crippen molar-refractivity contribution in [3.05, 3.63) is 30.1 Å². The lowest BCUT2D eigenvalue weighted by Crippen LogP contribution is -2.69. The standard InChI is InChI=1S/C13H19N3O2/c1-2-16(8-11-5-3-4-6-15-11)13(7-12(17)18)9-14-10-13/h3-6,14H,2,7-10H2,1H3,(H,17,18). The van der Waals surface area contributed by atoms with Gasteiger partial charge in [0.2, 0.25) is 0 Å². The van der Waals surface area contributed by atoms with Crippen molar-refractivity contribution in [2.24, 2.45) is 0 Å². The quantitative estimate of drug-likeness (QED) is 0.777. The van der Waals surface area contributed by atoms with E-state index in [0.717, 1.165) is 25.3 Å². The molecule has 0 spiro atoms. The number of carboxylic acid groups (broad SMARTS) is 1. The number of hydrogen-bond acceptors (Lipinski definition) is 4. The second-order valence-corrected chi connectivity index (χ2v) is 4.73. The van der Waals surface area contributed by atoms with E-state index in [0.29, 0.717) is 6.54 Å². The molecule has 98 valence electrons. The average Bonchev–Trinajstić information content (AvgIpc) is 2.32. The SMILES string of the molecule is CCN(Cc1ccccn1)C1(CC(=O)O)CNC1. The van der Waals surface area contributed by atoms with Crippen molar-refractivity contribution in [2.75, 3.05) is 19.6 Å². The smallest absolute Gasteiger partial charge is 0.305 e. The minimum Gasteiger partial charge on any atom is -0.481 e. The Bertz CT molecular complexity index is 404. The second kappa shape index (κ2) is 5.46. The summed E-state index contributed by atoms with van der Waals surface area (Å²) in [6, 6.07) is 5.82. The Hall–Kier alpha value is -1.46. The molecule has 0 amide bonds. The summed E-state index contributed by atoms with van der Waals surface area (Å²) >= 11 is 0. The van der Waals surface area contributed by atoms with Crippen LogP contribution in [0.25, 0.3) is 0 Å². The van der Waals surface area contributed by atoms with Gasteiger partial charge in [-0.05, 0) is 18.7 Å². The van der Waals surface area contributed by atoms with Crippen LogP contribution in [0.2, 0.25) is 0 Å². The number of carboxylic acids is 1. The Morgan fingerprint density at radius 3 is 2.78 bits per heavy atom. The van der Waals surface area contributed by atoms with Crippen molar-refractivity contribution < 1.29 is 9.90 Å². The first kappa shape index (κ1) is 13.0. The summed E-state index contributed by atoms with van der Waals surface area (Å²) in [5, 5.41) is 12.2. The molecule has 5 nitrogen and oxygen atoms in total. The van der Waals surface area contributed by atoms with E-state index in [-0.39, 0.29) is 12.0 Å². The van der Waals surface area contributed by atoms with E-state index in [4.69, 9.17) is 5.11 Å². The monoisotopic (exact) mass is 249 g/mol. The lowest BCUT2D eigenvalue weighted by molar-refractivity contribution is -0.142. The Morgan fingerprint density at radius 1 is 1.56 bits per heavy atom. The highest BCUT2D eigenvalue weighted by Crippen LogP contribution is 2.26. The van der Waals surface area contributed by atoms with Crippen LogP contribution in [0.4, 0.5) is 0 Å². The molecule has 1 aromatic rings. The molecule has 18 heavy (non-hydrogen) atoms. The third-order valence-corrected chi connectivity index (χ3v) is 3.52. The molecule has 1 aliphatic heterocycles. The average molecular weight is 249 g/mol. The van der Waals surface area contributed by atoms with Crippen LogP contribution in [0, 0.1) is 0 Å². The van der Waals surface area contributed by atoms with Crippen LogP contribution < -0.4 is 5.32 Å². The Balaban J connectivity index is 2.09. The summed E-state index contributed by atoms with van der Waals surface area (Å²) in [7, 11) is 0. The van der Waals surface area contributed by atoms with Gasteiger partial charge in [-0.1, -0.05) is 13.0 Å². The molecule has 0 aromatic carbocycles. The number of nitrogens with one attached hydrogen (secondary N) is 1. The first-order valence-corrected chi connectivity index (χ1v) is 6.24. The molecule has 1 fully saturated rings. The molecule has 0 radical (unpaired) electrons. The fourth-order valence-corrected chi connectivity index (χ4v) is 2.46. The van der Waals surface area contributed by atoms with Gasteiger partial charge >= 0.3 is 5.97 Å². The number of rotatable bonds is 6. The zero-order valence-electron chi connectivity index (χ0n) is 10.6. The van der Waals surface area contributed by atoms with E-state index in [1.54, 1.807) is 6.20 Å². The number of hydrogen-bond donors (Lipinski definition) is 2. The van der Waals surface area contributed by atoms with Crippen molar-refractivity contribution in [3.63, 3.8) is 0 Å². The van der Waals surface area contributed by atoms with E-state index >= 15 is 0 Å². The molecular formula is C13H19N3O2.